The van der Waals surface area contributed by atoms with Crippen molar-refractivity contribution >= 4 is 23.0 Å². The molecule has 2 heterocycles. The summed E-state index contributed by atoms with van der Waals surface area (Å²) in [6, 6.07) is 17.4. The van der Waals surface area contributed by atoms with E-state index in [0.29, 0.717) is 6.54 Å². The van der Waals surface area contributed by atoms with E-state index >= 15 is 0 Å². The average molecular weight is 390 g/mol. The summed E-state index contributed by atoms with van der Waals surface area (Å²) in [5, 5.41) is 1.09. The van der Waals surface area contributed by atoms with Crippen molar-refractivity contribution < 1.29 is 19.1 Å². The van der Waals surface area contributed by atoms with Crippen LogP contribution in [0.2, 0.25) is 0 Å². The lowest BCUT2D eigenvalue weighted by Gasteiger charge is -2.18. The maximum Gasteiger partial charge on any atom is 0.416 e. The highest BCUT2D eigenvalue weighted by Gasteiger charge is 2.29. The number of rotatable bonds is 6. The second-order valence-corrected chi connectivity index (χ2v) is 6.99. The van der Waals surface area contributed by atoms with E-state index in [2.05, 4.69) is 4.98 Å². The van der Waals surface area contributed by atoms with Crippen LogP contribution in [-0.2, 0) is 20.7 Å². The molecule has 1 unspecified atom stereocenters. The average Bonchev–Trinajstić information content (AvgIpc) is 3.34. The number of nitrogens with one attached hydrogen (secondary N) is 1. The normalized spacial score (nSPS) is 15.4. The third-order valence-electron chi connectivity index (χ3n) is 4.94. The van der Waals surface area contributed by atoms with Gasteiger partial charge in [-0.1, -0.05) is 55.5 Å². The van der Waals surface area contributed by atoms with E-state index in [1.807, 2.05) is 67.7 Å². The standard InChI is InChI=1S/C23H22N2O4/c1-16(19-15-24-20-10-6-5-9-18(19)20)13-21(25-11-12-28-23(25)27)29-22(26)14-17-7-3-2-4-8-17/h2-10,13,15-16,24H,11-12,14H2,1H3/b21-13-. The number of amides is 1. The van der Waals surface area contributed by atoms with Crippen LogP contribution in [0.25, 0.3) is 10.9 Å². The molecule has 1 atom stereocenters. The number of H-pyrrole nitrogens is 1. The van der Waals surface area contributed by atoms with E-state index in [9.17, 15) is 9.59 Å². The Labute approximate surface area is 168 Å². The number of fused-ring (bicyclic) bond motifs is 1. The highest BCUT2D eigenvalue weighted by Crippen LogP contribution is 2.28. The summed E-state index contributed by atoms with van der Waals surface area (Å²) in [6.07, 6.45) is 3.36. The highest BCUT2D eigenvalue weighted by molar-refractivity contribution is 5.84. The molecule has 4 rings (SSSR count). The topological polar surface area (TPSA) is 71.6 Å². The van der Waals surface area contributed by atoms with E-state index in [1.54, 1.807) is 6.08 Å². The van der Waals surface area contributed by atoms with E-state index in [-0.39, 0.29) is 24.8 Å². The Hall–Kier alpha value is -3.54. The monoisotopic (exact) mass is 390 g/mol. The Balaban J connectivity index is 1.59. The van der Waals surface area contributed by atoms with Crippen LogP contribution in [0.3, 0.4) is 0 Å². The fourth-order valence-electron chi connectivity index (χ4n) is 3.46. The molecule has 1 amide bonds. The highest BCUT2D eigenvalue weighted by atomic mass is 16.6. The first-order valence-corrected chi connectivity index (χ1v) is 9.58. The van der Waals surface area contributed by atoms with Crippen LogP contribution < -0.4 is 0 Å². The van der Waals surface area contributed by atoms with Gasteiger partial charge < -0.3 is 14.5 Å². The van der Waals surface area contributed by atoms with Crippen LogP contribution in [0.1, 0.15) is 24.0 Å². The van der Waals surface area contributed by atoms with Crippen molar-refractivity contribution in [1.82, 2.24) is 9.88 Å². The molecule has 6 heteroatoms. The van der Waals surface area contributed by atoms with E-state index in [1.165, 1.54) is 4.90 Å². The molecule has 0 saturated carbocycles. The third-order valence-corrected chi connectivity index (χ3v) is 4.94. The van der Waals surface area contributed by atoms with Crippen molar-refractivity contribution in [2.75, 3.05) is 13.2 Å². The van der Waals surface area contributed by atoms with Gasteiger partial charge in [0.2, 0.25) is 5.88 Å². The SMILES string of the molecule is CC(/C=C(\OC(=O)Cc1ccccc1)N1CCOC1=O)c1c[nH]c2ccccc12. The zero-order valence-electron chi connectivity index (χ0n) is 16.1. The van der Waals surface area contributed by atoms with Crippen molar-refractivity contribution in [3.05, 3.63) is 83.9 Å². The minimum absolute atomic E-state index is 0.0842. The Morgan fingerprint density at radius 3 is 2.72 bits per heavy atom. The third kappa shape index (κ3) is 4.16. The number of carbonyl (C=O) groups excluding carboxylic acids is 2. The van der Waals surface area contributed by atoms with Crippen molar-refractivity contribution in [1.29, 1.82) is 0 Å². The quantitative estimate of drug-likeness (QED) is 0.502. The van der Waals surface area contributed by atoms with Crippen LogP contribution in [0.5, 0.6) is 0 Å². The van der Waals surface area contributed by atoms with Crippen molar-refractivity contribution in [3.8, 4) is 0 Å². The maximum atomic E-state index is 12.5. The molecule has 1 fully saturated rings. The molecule has 6 nitrogen and oxygen atoms in total. The van der Waals surface area contributed by atoms with Crippen LogP contribution in [0.4, 0.5) is 4.79 Å². The second-order valence-electron chi connectivity index (χ2n) is 6.99. The largest absolute Gasteiger partial charge is 0.447 e. The minimum Gasteiger partial charge on any atom is -0.447 e. The van der Waals surface area contributed by atoms with Gasteiger partial charge in [0.05, 0.1) is 13.0 Å². The molecule has 0 aliphatic carbocycles. The smallest absolute Gasteiger partial charge is 0.416 e. The van der Waals surface area contributed by atoms with Gasteiger partial charge in [-0.3, -0.25) is 4.79 Å². The number of esters is 1. The lowest BCUT2D eigenvalue weighted by atomic mass is 10.0. The molecule has 0 spiro atoms. The van der Waals surface area contributed by atoms with Crippen LogP contribution in [0, 0.1) is 0 Å². The first-order chi connectivity index (χ1) is 14.1. The van der Waals surface area contributed by atoms with Crippen molar-refractivity contribution in [2.24, 2.45) is 0 Å². The van der Waals surface area contributed by atoms with Crippen LogP contribution in [0.15, 0.2) is 72.8 Å². The molecule has 1 aliphatic rings. The molecular formula is C23H22N2O4. The number of ether oxygens (including phenoxy) is 2. The lowest BCUT2D eigenvalue weighted by molar-refractivity contribution is -0.140. The van der Waals surface area contributed by atoms with Gasteiger partial charge in [0.15, 0.2) is 0 Å². The van der Waals surface area contributed by atoms with Gasteiger partial charge in [-0.15, -0.1) is 0 Å². The number of aromatic nitrogens is 1. The zero-order chi connectivity index (χ0) is 20.2. The molecule has 1 N–H and O–H groups in total. The summed E-state index contributed by atoms with van der Waals surface area (Å²) in [5.74, 6) is -0.293. The van der Waals surface area contributed by atoms with Gasteiger partial charge in [-0.25, -0.2) is 9.69 Å². The fraction of sp³-hybridized carbons (Fsp3) is 0.217. The Kier molecular flexibility index (Phi) is 5.33. The predicted molar refractivity (Wildman–Crippen MR) is 109 cm³/mol. The Morgan fingerprint density at radius 1 is 1.21 bits per heavy atom. The Morgan fingerprint density at radius 2 is 1.97 bits per heavy atom. The molecule has 3 aromatic rings. The molecule has 148 valence electrons. The minimum atomic E-state index is -0.505. The predicted octanol–water partition coefficient (Wildman–Crippen LogP) is 4.35. The molecule has 1 saturated heterocycles. The summed E-state index contributed by atoms with van der Waals surface area (Å²) in [6.45, 7) is 2.62. The summed E-state index contributed by atoms with van der Waals surface area (Å²) in [4.78, 5) is 29.2. The first kappa shape index (κ1) is 18.8. The molecule has 2 aromatic carbocycles. The van der Waals surface area contributed by atoms with Gasteiger partial charge in [-0.2, -0.15) is 0 Å². The molecule has 0 radical (unpaired) electrons. The zero-order valence-corrected chi connectivity index (χ0v) is 16.1. The number of hydrogen-bond acceptors (Lipinski definition) is 4. The van der Waals surface area contributed by atoms with Gasteiger partial charge >= 0.3 is 12.1 Å². The summed E-state index contributed by atoms with van der Waals surface area (Å²) in [5.41, 5.74) is 2.95. The van der Waals surface area contributed by atoms with Gasteiger partial charge in [0, 0.05) is 23.0 Å². The van der Waals surface area contributed by atoms with Crippen molar-refractivity contribution in [2.45, 2.75) is 19.3 Å². The van der Waals surface area contributed by atoms with Crippen LogP contribution >= 0.6 is 0 Å². The molecular weight excluding hydrogens is 368 g/mol. The van der Waals surface area contributed by atoms with Gasteiger partial charge in [0.1, 0.15) is 6.61 Å². The Bertz CT molecular complexity index is 1050. The summed E-state index contributed by atoms with van der Waals surface area (Å²) >= 11 is 0. The summed E-state index contributed by atoms with van der Waals surface area (Å²) < 4.78 is 10.7. The number of para-hydroxylation sites is 1. The number of hydrogen-bond donors (Lipinski definition) is 1. The number of cyclic esters (lactones) is 1. The number of nitrogens with zero attached hydrogens (tertiary/aromatic N) is 1. The number of allylic oxidation sites excluding steroid dienone is 1. The lowest BCUT2D eigenvalue weighted by Crippen LogP contribution is -2.27. The van der Waals surface area contributed by atoms with Crippen LogP contribution in [-0.4, -0.2) is 35.1 Å². The number of carbonyl (C=O) groups is 2. The van der Waals surface area contributed by atoms with E-state index in [0.717, 1.165) is 22.0 Å². The van der Waals surface area contributed by atoms with E-state index < -0.39 is 12.1 Å². The first-order valence-electron chi connectivity index (χ1n) is 9.58. The van der Waals surface area contributed by atoms with E-state index in [4.69, 9.17) is 9.47 Å². The molecule has 1 aromatic heterocycles. The second kappa shape index (κ2) is 8.22. The molecule has 29 heavy (non-hydrogen) atoms. The summed E-state index contributed by atoms with van der Waals surface area (Å²) in [7, 11) is 0. The van der Waals surface area contributed by atoms with Gasteiger partial charge in [0.25, 0.3) is 0 Å². The maximum absolute atomic E-state index is 12.5. The van der Waals surface area contributed by atoms with Gasteiger partial charge in [-0.05, 0) is 23.3 Å². The molecule has 0 bridgehead atoms. The van der Waals surface area contributed by atoms with Crippen molar-refractivity contribution in [3.63, 3.8) is 0 Å². The number of aromatic amines is 1. The number of benzene rings is 2. The fourth-order valence-corrected chi connectivity index (χ4v) is 3.46. The molecule has 1 aliphatic heterocycles.